The molecule has 10 heteroatoms. The molecule has 0 spiro atoms. The number of likely N-dealkylation sites (tertiary alicyclic amines) is 1. The molecule has 0 radical (unpaired) electrons. The predicted molar refractivity (Wildman–Crippen MR) is 107 cm³/mol. The highest BCUT2D eigenvalue weighted by Crippen LogP contribution is 2.16. The third-order valence-corrected chi connectivity index (χ3v) is 7.34. The number of H-pyrrole nitrogens is 1. The van der Waals surface area contributed by atoms with Crippen LogP contribution in [-0.4, -0.2) is 82.8 Å². The first-order valence-electron chi connectivity index (χ1n) is 9.89. The molecule has 9 nitrogen and oxygen atoms in total. The number of sulfonamides is 1. The number of benzene rings is 1. The Bertz CT molecular complexity index is 962. The number of imide groups is 1. The maximum absolute atomic E-state index is 12.7. The minimum atomic E-state index is -3.51. The standard InChI is InChI=1S/C19H25N5O4S/c25-18-6-3-7-19(26)24(18)12-13-29(27,28)23-10-8-22(9-11-23)14-17-20-15-4-1-2-5-16(15)21-17/h1-2,4-5H,3,6-14H2,(H,20,21). The van der Waals surface area contributed by atoms with Crippen LogP contribution in [0.5, 0.6) is 0 Å². The normalized spacial score (nSPS) is 19.9. The quantitative estimate of drug-likeness (QED) is 0.686. The summed E-state index contributed by atoms with van der Waals surface area (Å²) in [5, 5.41) is 0. The summed E-state index contributed by atoms with van der Waals surface area (Å²) in [5.74, 6) is 0.109. The number of carbonyl (C=O) groups is 2. The Morgan fingerprint density at radius 3 is 2.38 bits per heavy atom. The van der Waals surface area contributed by atoms with Crippen molar-refractivity contribution in [1.29, 1.82) is 0 Å². The van der Waals surface area contributed by atoms with Crippen molar-refractivity contribution in [2.75, 3.05) is 38.5 Å². The van der Waals surface area contributed by atoms with Gasteiger partial charge in [-0.3, -0.25) is 19.4 Å². The molecule has 2 fully saturated rings. The second kappa shape index (κ2) is 8.21. The first-order chi connectivity index (χ1) is 13.9. The Morgan fingerprint density at radius 1 is 1.00 bits per heavy atom. The Morgan fingerprint density at radius 2 is 1.69 bits per heavy atom. The molecule has 0 atom stereocenters. The zero-order chi connectivity index (χ0) is 20.4. The topological polar surface area (TPSA) is 107 Å². The highest BCUT2D eigenvalue weighted by atomic mass is 32.2. The molecule has 29 heavy (non-hydrogen) atoms. The summed E-state index contributed by atoms with van der Waals surface area (Å²) in [6, 6.07) is 7.84. The van der Waals surface area contributed by atoms with E-state index < -0.39 is 10.0 Å². The molecule has 156 valence electrons. The number of fused-ring (bicyclic) bond motifs is 1. The minimum absolute atomic E-state index is 0.0564. The molecule has 1 aromatic carbocycles. The van der Waals surface area contributed by atoms with E-state index in [9.17, 15) is 18.0 Å². The van der Waals surface area contributed by atoms with E-state index in [0.717, 1.165) is 21.8 Å². The summed E-state index contributed by atoms with van der Waals surface area (Å²) in [5.41, 5.74) is 1.91. The number of piperazine rings is 1. The van der Waals surface area contributed by atoms with Crippen LogP contribution >= 0.6 is 0 Å². The van der Waals surface area contributed by atoms with Crippen LogP contribution in [0, 0.1) is 0 Å². The van der Waals surface area contributed by atoms with Gasteiger partial charge in [0.05, 0.1) is 23.3 Å². The fourth-order valence-corrected chi connectivity index (χ4v) is 5.23. The molecular weight excluding hydrogens is 394 g/mol. The average molecular weight is 420 g/mol. The van der Waals surface area contributed by atoms with Gasteiger partial charge in [0.25, 0.3) is 0 Å². The van der Waals surface area contributed by atoms with Crippen LogP contribution in [0.3, 0.4) is 0 Å². The molecule has 2 aliphatic rings. The monoisotopic (exact) mass is 419 g/mol. The number of piperidine rings is 1. The van der Waals surface area contributed by atoms with Gasteiger partial charge >= 0.3 is 0 Å². The van der Waals surface area contributed by atoms with Gasteiger partial charge in [0.2, 0.25) is 21.8 Å². The van der Waals surface area contributed by atoms with Gasteiger partial charge in [0.15, 0.2) is 0 Å². The van der Waals surface area contributed by atoms with Crippen LogP contribution in [-0.2, 0) is 26.2 Å². The van der Waals surface area contributed by atoms with E-state index in [2.05, 4.69) is 14.9 Å². The number of amides is 2. The lowest BCUT2D eigenvalue weighted by Crippen LogP contribution is -2.50. The summed E-state index contributed by atoms with van der Waals surface area (Å²) < 4.78 is 26.8. The first-order valence-corrected chi connectivity index (χ1v) is 11.5. The maximum atomic E-state index is 12.7. The number of imidazole rings is 1. The van der Waals surface area contributed by atoms with Gasteiger partial charge in [-0.15, -0.1) is 0 Å². The van der Waals surface area contributed by atoms with E-state index in [1.807, 2.05) is 24.3 Å². The predicted octanol–water partition coefficient (Wildman–Crippen LogP) is 0.549. The molecule has 3 heterocycles. The van der Waals surface area contributed by atoms with Gasteiger partial charge < -0.3 is 4.98 Å². The fraction of sp³-hybridized carbons (Fsp3) is 0.526. The number of rotatable bonds is 6. The first kappa shape index (κ1) is 20.0. The lowest BCUT2D eigenvalue weighted by atomic mass is 10.1. The Balaban J connectivity index is 1.30. The molecule has 2 saturated heterocycles. The second-order valence-electron chi connectivity index (χ2n) is 7.48. The van der Waals surface area contributed by atoms with Gasteiger partial charge in [0.1, 0.15) is 5.82 Å². The molecule has 1 N–H and O–H groups in total. The van der Waals surface area contributed by atoms with Crippen molar-refractivity contribution >= 4 is 32.9 Å². The smallest absolute Gasteiger partial charge is 0.229 e. The van der Waals surface area contributed by atoms with E-state index in [1.165, 1.54) is 4.31 Å². The van der Waals surface area contributed by atoms with Crippen molar-refractivity contribution in [3.63, 3.8) is 0 Å². The molecule has 1 aromatic heterocycles. The second-order valence-corrected chi connectivity index (χ2v) is 9.57. The number of nitrogens with one attached hydrogen (secondary N) is 1. The molecule has 2 amide bonds. The third kappa shape index (κ3) is 4.49. The van der Waals surface area contributed by atoms with E-state index >= 15 is 0 Å². The zero-order valence-electron chi connectivity index (χ0n) is 16.2. The summed E-state index contributed by atoms with van der Waals surface area (Å²) in [6.07, 6.45) is 1.17. The van der Waals surface area contributed by atoms with Gasteiger partial charge in [-0.1, -0.05) is 12.1 Å². The third-order valence-electron chi connectivity index (χ3n) is 5.49. The number of carbonyl (C=O) groups excluding carboxylic acids is 2. The van der Waals surface area contributed by atoms with Crippen LogP contribution in [0.4, 0.5) is 0 Å². The van der Waals surface area contributed by atoms with Gasteiger partial charge in [-0.25, -0.2) is 13.4 Å². The molecule has 0 aliphatic carbocycles. The number of hydrogen-bond acceptors (Lipinski definition) is 6. The lowest BCUT2D eigenvalue weighted by molar-refractivity contribution is -0.147. The zero-order valence-corrected chi connectivity index (χ0v) is 17.0. The van der Waals surface area contributed by atoms with Crippen LogP contribution in [0.25, 0.3) is 11.0 Å². The van der Waals surface area contributed by atoms with Crippen LogP contribution in [0.1, 0.15) is 25.1 Å². The summed E-state index contributed by atoms with van der Waals surface area (Å²) >= 11 is 0. The maximum Gasteiger partial charge on any atom is 0.229 e. The van der Waals surface area contributed by atoms with Crippen molar-refractivity contribution in [2.24, 2.45) is 0 Å². The van der Waals surface area contributed by atoms with Crippen molar-refractivity contribution in [2.45, 2.75) is 25.8 Å². The highest BCUT2D eigenvalue weighted by Gasteiger charge is 2.31. The van der Waals surface area contributed by atoms with E-state index in [0.29, 0.717) is 52.0 Å². The van der Waals surface area contributed by atoms with Crippen molar-refractivity contribution < 1.29 is 18.0 Å². The molecule has 0 saturated carbocycles. The summed E-state index contributed by atoms with van der Waals surface area (Å²) in [4.78, 5) is 34.9. The number of hydrogen-bond donors (Lipinski definition) is 1. The molecule has 2 aromatic rings. The molecular formula is C19H25N5O4S. The van der Waals surface area contributed by atoms with Crippen molar-refractivity contribution in [3.8, 4) is 0 Å². The fourth-order valence-electron chi connectivity index (χ4n) is 3.84. The number of aromatic nitrogens is 2. The largest absolute Gasteiger partial charge is 0.341 e. The summed E-state index contributed by atoms with van der Waals surface area (Å²) in [7, 11) is -3.51. The molecule has 2 aliphatic heterocycles. The Labute approximate surface area is 169 Å². The Hall–Kier alpha value is -2.30. The molecule has 0 bridgehead atoms. The van der Waals surface area contributed by atoms with Gasteiger partial charge in [-0.05, 0) is 18.6 Å². The van der Waals surface area contributed by atoms with Crippen LogP contribution in [0.2, 0.25) is 0 Å². The number of para-hydroxylation sites is 2. The van der Waals surface area contributed by atoms with Crippen molar-refractivity contribution in [1.82, 2.24) is 24.1 Å². The van der Waals surface area contributed by atoms with Gasteiger partial charge in [0, 0.05) is 45.6 Å². The van der Waals surface area contributed by atoms with Crippen molar-refractivity contribution in [3.05, 3.63) is 30.1 Å². The molecule has 4 rings (SSSR count). The van der Waals surface area contributed by atoms with Gasteiger partial charge in [-0.2, -0.15) is 4.31 Å². The van der Waals surface area contributed by atoms with E-state index in [-0.39, 0.29) is 24.1 Å². The number of aromatic amines is 1. The van der Waals surface area contributed by atoms with E-state index in [1.54, 1.807) is 0 Å². The Kier molecular flexibility index (Phi) is 5.66. The van der Waals surface area contributed by atoms with Crippen LogP contribution in [0.15, 0.2) is 24.3 Å². The van der Waals surface area contributed by atoms with E-state index in [4.69, 9.17) is 0 Å². The lowest BCUT2D eigenvalue weighted by Gasteiger charge is -2.34. The number of nitrogens with zero attached hydrogens (tertiary/aromatic N) is 4. The SMILES string of the molecule is O=C1CCCC(=O)N1CCS(=O)(=O)N1CCN(Cc2nc3ccccc3[nH]2)CC1. The summed E-state index contributed by atoms with van der Waals surface area (Å²) in [6.45, 7) is 2.59. The van der Waals surface area contributed by atoms with Crippen LogP contribution < -0.4 is 0 Å². The minimum Gasteiger partial charge on any atom is -0.341 e. The highest BCUT2D eigenvalue weighted by molar-refractivity contribution is 7.89. The molecule has 0 unspecified atom stereocenters. The average Bonchev–Trinajstić information content (AvgIpc) is 3.10.